The molecule has 2 heterocycles. The Morgan fingerprint density at radius 1 is 1.16 bits per heavy atom. The summed E-state index contributed by atoms with van der Waals surface area (Å²) >= 11 is 6.32. The third kappa shape index (κ3) is 4.60. The number of methoxy groups -OCH3 is 2. The van der Waals surface area contributed by atoms with E-state index in [9.17, 15) is 4.79 Å². The maximum atomic E-state index is 13.1. The summed E-state index contributed by atoms with van der Waals surface area (Å²) in [5.41, 5.74) is 1.50. The molecule has 3 aromatic rings. The first-order chi connectivity index (χ1) is 15.5. The topological polar surface area (TPSA) is 83.8 Å². The summed E-state index contributed by atoms with van der Waals surface area (Å²) in [5.74, 6) is 2.76. The quantitative estimate of drug-likeness (QED) is 0.586. The molecule has 0 fully saturated rings. The molecule has 0 bridgehead atoms. The molecular weight excluding hydrogens is 434 g/mol. The van der Waals surface area contributed by atoms with Gasteiger partial charge in [0.05, 0.1) is 25.7 Å². The van der Waals surface area contributed by atoms with Gasteiger partial charge in [0.25, 0.3) is 0 Å². The number of fused-ring (bicyclic) bond motifs is 1. The van der Waals surface area contributed by atoms with Crippen molar-refractivity contribution in [2.75, 3.05) is 27.4 Å². The molecule has 2 aromatic carbocycles. The summed E-state index contributed by atoms with van der Waals surface area (Å²) in [6, 6.07) is 8.46. The van der Waals surface area contributed by atoms with Gasteiger partial charge in [-0.25, -0.2) is 4.98 Å². The number of carbonyl (C=O) groups is 1. The number of hydrogen-bond donors (Lipinski definition) is 1. The number of hydrogen-bond acceptors (Lipinski definition) is 6. The van der Waals surface area contributed by atoms with Crippen molar-refractivity contribution >= 4 is 17.5 Å². The number of halogens is 1. The fourth-order valence-electron chi connectivity index (χ4n) is 3.61. The van der Waals surface area contributed by atoms with Crippen LogP contribution in [0.2, 0.25) is 5.02 Å². The van der Waals surface area contributed by atoms with Crippen molar-refractivity contribution in [3.05, 3.63) is 64.7 Å². The summed E-state index contributed by atoms with van der Waals surface area (Å²) in [5, 5.41) is 3.50. The van der Waals surface area contributed by atoms with E-state index in [1.807, 2.05) is 29.9 Å². The largest absolute Gasteiger partial charge is 0.497 e. The zero-order valence-electron chi connectivity index (χ0n) is 18.1. The van der Waals surface area contributed by atoms with E-state index >= 15 is 0 Å². The van der Waals surface area contributed by atoms with E-state index in [0.29, 0.717) is 47.1 Å². The highest BCUT2D eigenvalue weighted by Crippen LogP contribution is 2.38. The number of nitrogens with zero attached hydrogens (tertiary/aromatic N) is 2. The zero-order chi connectivity index (χ0) is 22.7. The smallest absolute Gasteiger partial charge is 0.225 e. The lowest BCUT2D eigenvalue weighted by Crippen LogP contribution is -2.32. The van der Waals surface area contributed by atoms with E-state index in [1.54, 1.807) is 38.6 Å². The number of benzene rings is 2. The van der Waals surface area contributed by atoms with E-state index in [0.717, 1.165) is 11.1 Å². The fraction of sp³-hybridized carbons (Fsp3) is 0.304. The molecular formula is C23H24ClN3O5. The van der Waals surface area contributed by atoms with E-state index in [2.05, 4.69) is 10.3 Å². The van der Waals surface area contributed by atoms with Crippen LogP contribution in [0.5, 0.6) is 23.0 Å². The van der Waals surface area contributed by atoms with Crippen LogP contribution >= 0.6 is 11.6 Å². The Bertz CT molecular complexity index is 1110. The number of aryl methyl sites for hydroxylation is 1. The van der Waals surface area contributed by atoms with Gasteiger partial charge in [0.1, 0.15) is 36.6 Å². The monoisotopic (exact) mass is 457 g/mol. The summed E-state index contributed by atoms with van der Waals surface area (Å²) in [7, 11) is 5.04. The first kappa shape index (κ1) is 21.8. The van der Waals surface area contributed by atoms with E-state index < -0.39 is 6.04 Å². The van der Waals surface area contributed by atoms with Crippen LogP contribution in [0.3, 0.4) is 0 Å². The van der Waals surface area contributed by atoms with Crippen molar-refractivity contribution in [2.45, 2.75) is 12.5 Å². The van der Waals surface area contributed by atoms with Gasteiger partial charge in [-0.05, 0) is 35.4 Å². The number of nitrogens with one attached hydrogen (secondary N) is 1. The van der Waals surface area contributed by atoms with Crippen LogP contribution < -0.4 is 24.3 Å². The molecule has 1 N–H and O–H groups in total. The Hall–Kier alpha value is -3.39. The predicted octanol–water partition coefficient (Wildman–Crippen LogP) is 3.31. The molecule has 0 saturated carbocycles. The highest BCUT2D eigenvalue weighted by atomic mass is 35.5. The molecule has 168 valence electrons. The van der Waals surface area contributed by atoms with Crippen LogP contribution in [-0.2, 0) is 18.3 Å². The molecule has 1 aromatic heterocycles. The van der Waals surface area contributed by atoms with Crippen LogP contribution in [0.25, 0.3) is 0 Å². The number of ether oxygens (including phenoxy) is 4. The van der Waals surface area contributed by atoms with E-state index in [-0.39, 0.29) is 12.3 Å². The number of rotatable bonds is 7. The molecule has 1 amide bonds. The molecule has 32 heavy (non-hydrogen) atoms. The Morgan fingerprint density at radius 2 is 1.88 bits per heavy atom. The average molecular weight is 458 g/mol. The highest BCUT2D eigenvalue weighted by molar-refractivity contribution is 6.32. The lowest BCUT2D eigenvalue weighted by molar-refractivity contribution is -0.121. The van der Waals surface area contributed by atoms with Gasteiger partial charge >= 0.3 is 0 Å². The highest BCUT2D eigenvalue weighted by Gasteiger charge is 2.23. The number of amides is 1. The van der Waals surface area contributed by atoms with Crippen molar-refractivity contribution in [1.82, 2.24) is 14.9 Å². The van der Waals surface area contributed by atoms with Gasteiger partial charge in [0, 0.05) is 25.5 Å². The van der Waals surface area contributed by atoms with Gasteiger partial charge in [-0.15, -0.1) is 0 Å². The summed E-state index contributed by atoms with van der Waals surface area (Å²) < 4.78 is 23.8. The number of aromatic nitrogens is 2. The van der Waals surface area contributed by atoms with Crippen LogP contribution in [0, 0.1) is 0 Å². The molecule has 9 heteroatoms. The third-order valence-electron chi connectivity index (χ3n) is 5.15. The molecule has 1 aliphatic heterocycles. The first-order valence-electron chi connectivity index (χ1n) is 10.1. The summed E-state index contributed by atoms with van der Waals surface area (Å²) in [6.07, 6.45) is 3.62. The minimum atomic E-state index is -0.515. The normalized spacial score (nSPS) is 13.4. The maximum Gasteiger partial charge on any atom is 0.225 e. The maximum absolute atomic E-state index is 13.1. The van der Waals surface area contributed by atoms with Crippen molar-refractivity contribution in [3.8, 4) is 23.0 Å². The van der Waals surface area contributed by atoms with E-state index in [1.165, 1.54) is 0 Å². The molecule has 0 saturated heterocycles. The molecule has 0 spiro atoms. The van der Waals surface area contributed by atoms with Gasteiger partial charge in [-0.2, -0.15) is 0 Å². The van der Waals surface area contributed by atoms with Crippen molar-refractivity contribution in [1.29, 1.82) is 0 Å². The average Bonchev–Trinajstić information content (AvgIpc) is 3.22. The molecule has 1 aliphatic rings. The van der Waals surface area contributed by atoms with Gasteiger partial charge in [0.2, 0.25) is 5.91 Å². The number of imidazole rings is 1. The molecule has 1 unspecified atom stereocenters. The predicted molar refractivity (Wildman–Crippen MR) is 119 cm³/mol. The molecule has 8 nitrogen and oxygen atoms in total. The SMILES string of the molecule is COc1cc(OC)cc(C(NC(=O)Cc2cc(Cl)c3c(c2)OCCO3)c2nccn2C)c1. The Kier molecular flexibility index (Phi) is 6.41. The first-order valence-corrected chi connectivity index (χ1v) is 10.4. The van der Waals surface area contributed by atoms with Crippen molar-refractivity contribution in [2.24, 2.45) is 7.05 Å². The molecule has 0 radical (unpaired) electrons. The van der Waals surface area contributed by atoms with Crippen molar-refractivity contribution < 1.29 is 23.7 Å². The molecule has 4 rings (SSSR count). The Morgan fingerprint density at radius 3 is 2.53 bits per heavy atom. The number of carbonyl (C=O) groups excluding carboxylic acids is 1. The minimum Gasteiger partial charge on any atom is -0.497 e. The fourth-order valence-corrected chi connectivity index (χ4v) is 3.90. The Balaban J connectivity index is 1.62. The molecule has 1 atom stereocenters. The van der Waals surface area contributed by atoms with Gasteiger partial charge in [0.15, 0.2) is 11.5 Å². The lowest BCUT2D eigenvalue weighted by Gasteiger charge is -2.22. The standard InChI is InChI=1S/C23H24ClN3O5/c1-27-5-4-25-23(27)21(15-11-16(29-2)13-17(12-15)30-3)26-20(28)10-14-8-18(24)22-19(9-14)31-6-7-32-22/h4-5,8-9,11-13,21H,6-7,10H2,1-3H3,(H,26,28). The minimum absolute atomic E-state index is 0.110. The van der Waals surface area contributed by atoms with Crippen molar-refractivity contribution in [3.63, 3.8) is 0 Å². The van der Waals surface area contributed by atoms with Crippen LogP contribution in [-0.4, -0.2) is 42.9 Å². The second-order valence-electron chi connectivity index (χ2n) is 7.32. The van der Waals surface area contributed by atoms with Crippen LogP contribution in [0.4, 0.5) is 0 Å². The Labute approximate surface area is 191 Å². The second kappa shape index (κ2) is 9.40. The van der Waals surface area contributed by atoms with E-state index in [4.69, 9.17) is 30.5 Å². The van der Waals surface area contributed by atoms with Gasteiger partial charge in [-0.3, -0.25) is 4.79 Å². The summed E-state index contributed by atoms with van der Waals surface area (Å²) in [4.78, 5) is 17.5. The molecule has 0 aliphatic carbocycles. The van der Waals surface area contributed by atoms with Crippen LogP contribution in [0.15, 0.2) is 42.7 Å². The van der Waals surface area contributed by atoms with Crippen LogP contribution in [0.1, 0.15) is 23.0 Å². The van der Waals surface area contributed by atoms with Gasteiger partial charge in [-0.1, -0.05) is 11.6 Å². The third-order valence-corrected chi connectivity index (χ3v) is 5.43. The summed E-state index contributed by atoms with van der Waals surface area (Å²) in [6.45, 7) is 0.889. The van der Waals surface area contributed by atoms with Gasteiger partial charge < -0.3 is 28.8 Å². The second-order valence-corrected chi connectivity index (χ2v) is 7.73. The lowest BCUT2D eigenvalue weighted by atomic mass is 10.0. The zero-order valence-corrected chi connectivity index (χ0v) is 18.8.